The monoisotopic (exact) mass is 358 g/mol. The second-order valence-corrected chi connectivity index (χ2v) is 5.88. The van der Waals surface area contributed by atoms with Crippen LogP contribution in [0.25, 0.3) is 0 Å². The third kappa shape index (κ3) is 6.84. The summed E-state index contributed by atoms with van der Waals surface area (Å²) in [5.41, 5.74) is 0.692. The number of nitrogens with zero attached hydrogens (tertiary/aromatic N) is 2. The van der Waals surface area contributed by atoms with Gasteiger partial charge in [0.15, 0.2) is 0 Å². The molecule has 134 valence electrons. The molecule has 5 nitrogen and oxygen atoms in total. The van der Waals surface area contributed by atoms with Crippen LogP contribution in [0.15, 0.2) is 24.3 Å². The van der Waals surface area contributed by atoms with E-state index >= 15 is 0 Å². The third-order valence-corrected chi connectivity index (χ3v) is 4.05. The Morgan fingerprint density at radius 1 is 1.17 bits per heavy atom. The van der Waals surface area contributed by atoms with E-state index in [0.717, 1.165) is 26.1 Å². The van der Waals surface area contributed by atoms with Gasteiger partial charge in [0.2, 0.25) is 5.91 Å². The van der Waals surface area contributed by atoms with Crippen molar-refractivity contribution in [3.63, 3.8) is 0 Å². The molecule has 0 radical (unpaired) electrons. The van der Waals surface area contributed by atoms with Gasteiger partial charge in [0, 0.05) is 26.1 Å². The molecule has 1 aliphatic heterocycles. The van der Waals surface area contributed by atoms with Gasteiger partial charge in [-0.15, -0.1) is 12.4 Å². The second-order valence-electron chi connectivity index (χ2n) is 5.88. The largest absolute Gasteiger partial charge is 0.481 e. The van der Waals surface area contributed by atoms with E-state index in [9.17, 15) is 14.0 Å². The van der Waals surface area contributed by atoms with Crippen LogP contribution in [0.2, 0.25) is 0 Å². The molecule has 7 heteroatoms. The number of hydrogen-bond acceptors (Lipinski definition) is 3. The Kier molecular flexibility index (Phi) is 8.71. The topological polar surface area (TPSA) is 60.9 Å². The summed E-state index contributed by atoms with van der Waals surface area (Å²) < 4.78 is 13.2. The Balaban J connectivity index is 0.00000288. The lowest BCUT2D eigenvalue weighted by molar-refractivity contribution is -0.137. The Morgan fingerprint density at radius 2 is 1.96 bits per heavy atom. The van der Waals surface area contributed by atoms with Gasteiger partial charge < -0.3 is 14.9 Å². The minimum Gasteiger partial charge on any atom is -0.481 e. The maximum Gasteiger partial charge on any atom is 0.303 e. The van der Waals surface area contributed by atoms with Gasteiger partial charge in [-0.25, -0.2) is 4.39 Å². The van der Waals surface area contributed by atoms with Crippen LogP contribution >= 0.6 is 12.4 Å². The molecule has 0 aromatic heterocycles. The van der Waals surface area contributed by atoms with E-state index in [1.54, 1.807) is 12.1 Å². The zero-order valence-corrected chi connectivity index (χ0v) is 14.4. The van der Waals surface area contributed by atoms with Crippen LogP contribution in [0, 0.1) is 5.82 Å². The van der Waals surface area contributed by atoms with E-state index in [1.165, 1.54) is 12.1 Å². The van der Waals surface area contributed by atoms with Crippen LogP contribution in [0.1, 0.15) is 24.8 Å². The molecular weight excluding hydrogens is 335 g/mol. The number of hydrogen-bond donors (Lipinski definition) is 1. The van der Waals surface area contributed by atoms with Crippen molar-refractivity contribution in [2.45, 2.75) is 25.7 Å². The molecule has 1 N–H and O–H groups in total. The minimum absolute atomic E-state index is 0. The highest BCUT2D eigenvalue weighted by molar-refractivity contribution is 5.85. The van der Waals surface area contributed by atoms with Crippen LogP contribution in [-0.4, -0.2) is 59.5 Å². The van der Waals surface area contributed by atoms with E-state index in [4.69, 9.17) is 5.11 Å². The number of carboxylic acids is 1. The van der Waals surface area contributed by atoms with E-state index in [-0.39, 0.29) is 37.0 Å². The van der Waals surface area contributed by atoms with E-state index in [1.807, 2.05) is 4.90 Å². The number of halogens is 2. The van der Waals surface area contributed by atoms with Gasteiger partial charge in [-0.3, -0.25) is 9.59 Å². The highest BCUT2D eigenvalue weighted by Crippen LogP contribution is 2.09. The fraction of sp³-hybridized carbons (Fsp3) is 0.529. The number of benzene rings is 1. The summed E-state index contributed by atoms with van der Waals surface area (Å²) in [6.07, 6.45) is 1.91. The third-order valence-electron chi connectivity index (χ3n) is 4.05. The number of aliphatic carboxylic acids is 1. The van der Waals surface area contributed by atoms with E-state index in [0.29, 0.717) is 25.1 Å². The molecule has 0 atom stereocenters. The van der Waals surface area contributed by atoms with Crippen molar-refractivity contribution in [1.82, 2.24) is 9.80 Å². The van der Waals surface area contributed by atoms with Crippen molar-refractivity contribution in [3.05, 3.63) is 35.6 Å². The first kappa shape index (κ1) is 20.4. The molecule has 1 amide bonds. The SMILES string of the molecule is Cl.O=C(O)CCCN1CCCN(C(=O)Cc2cccc(F)c2)CC1. The lowest BCUT2D eigenvalue weighted by atomic mass is 10.1. The first-order valence-corrected chi connectivity index (χ1v) is 8.01. The number of rotatable bonds is 6. The maximum absolute atomic E-state index is 13.2. The molecule has 1 aliphatic rings. The van der Waals surface area contributed by atoms with Gasteiger partial charge in [0.1, 0.15) is 5.82 Å². The standard InChI is InChI=1S/C17H23FN2O3.ClH/c18-15-5-1-4-14(12-15)13-16(21)20-9-3-8-19(10-11-20)7-2-6-17(22)23;/h1,4-5,12H,2-3,6-11,13H2,(H,22,23);1H. The van der Waals surface area contributed by atoms with Gasteiger partial charge in [-0.2, -0.15) is 0 Å². The fourth-order valence-corrected chi connectivity index (χ4v) is 2.83. The summed E-state index contributed by atoms with van der Waals surface area (Å²) in [4.78, 5) is 26.9. The second kappa shape index (κ2) is 10.3. The molecule has 1 aromatic rings. The Bertz CT molecular complexity index is 556. The number of carbonyl (C=O) groups is 2. The van der Waals surface area contributed by atoms with Gasteiger partial charge >= 0.3 is 5.97 Å². The molecule has 0 bridgehead atoms. The molecule has 0 aliphatic carbocycles. The molecule has 0 saturated carbocycles. The summed E-state index contributed by atoms with van der Waals surface area (Å²) in [7, 11) is 0. The summed E-state index contributed by atoms with van der Waals surface area (Å²) >= 11 is 0. The predicted molar refractivity (Wildman–Crippen MR) is 91.9 cm³/mol. The van der Waals surface area contributed by atoms with Crippen molar-refractivity contribution in [3.8, 4) is 0 Å². The van der Waals surface area contributed by atoms with Crippen molar-refractivity contribution in [2.75, 3.05) is 32.7 Å². The van der Waals surface area contributed by atoms with E-state index < -0.39 is 5.97 Å². The van der Waals surface area contributed by atoms with Crippen molar-refractivity contribution >= 4 is 24.3 Å². The van der Waals surface area contributed by atoms with E-state index in [2.05, 4.69) is 4.90 Å². The first-order valence-electron chi connectivity index (χ1n) is 8.01. The lowest BCUT2D eigenvalue weighted by Gasteiger charge is -2.22. The molecule has 0 unspecified atom stereocenters. The van der Waals surface area contributed by atoms with Gasteiger partial charge in [-0.05, 0) is 43.6 Å². The number of amides is 1. The first-order chi connectivity index (χ1) is 11.0. The zero-order valence-electron chi connectivity index (χ0n) is 13.6. The van der Waals surface area contributed by atoms with Crippen LogP contribution in [0.4, 0.5) is 4.39 Å². The molecule has 2 rings (SSSR count). The molecule has 24 heavy (non-hydrogen) atoms. The number of carboxylic acid groups (broad SMARTS) is 1. The average Bonchev–Trinajstić information content (AvgIpc) is 2.72. The quantitative estimate of drug-likeness (QED) is 0.846. The lowest BCUT2D eigenvalue weighted by Crippen LogP contribution is -2.36. The Hall–Kier alpha value is -1.66. The summed E-state index contributed by atoms with van der Waals surface area (Å²) in [6, 6.07) is 6.14. The fourth-order valence-electron chi connectivity index (χ4n) is 2.83. The van der Waals surface area contributed by atoms with Crippen LogP contribution in [0.3, 0.4) is 0 Å². The van der Waals surface area contributed by atoms with Crippen molar-refractivity contribution in [1.29, 1.82) is 0 Å². The highest BCUT2D eigenvalue weighted by atomic mass is 35.5. The Labute approximate surface area is 147 Å². The molecule has 1 aromatic carbocycles. The molecular formula is C17H24ClFN2O3. The van der Waals surface area contributed by atoms with Crippen LogP contribution in [-0.2, 0) is 16.0 Å². The van der Waals surface area contributed by atoms with Gasteiger partial charge in [0.25, 0.3) is 0 Å². The molecule has 0 spiro atoms. The van der Waals surface area contributed by atoms with Gasteiger partial charge in [-0.1, -0.05) is 12.1 Å². The summed E-state index contributed by atoms with van der Waals surface area (Å²) in [5.74, 6) is -1.08. The smallest absolute Gasteiger partial charge is 0.303 e. The maximum atomic E-state index is 13.2. The van der Waals surface area contributed by atoms with Crippen molar-refractivity contribution < 1.29 is 19.1 Å². The van der Waals surface area contributed by atoms with Crippen molar-refractivity contribution in [2.24, 2.45) is 0 Å². The van der Waals surface area contributed by atoms with Gasteiger partial charge in [0.05, 0.1) is 6.42 Å². The predicted octanol–water partition coefficient (Wildman–Crippen LogP) is 2.19. The summed E-state index contributed by atoms with van der Waals surface area (Å²) in [5, 5.41) is 8.67. The zero-order chi connectivity index (χ0) is 16.7. The summed E-state index contributed by atoms with van der Waals surface area (Å²) in [6.45, 7) is 3.72. The molecule has 1 heterocycles. The Morgan fingerprint density at radius 3 is 2.67 bits per heavy atom. The van der Waals surface area contributed by atoms with Crippen LogP contribution < -0.4 is 0 Å². The molecule has 1 fully saturated rings. The minimum atomic E-state index is -0.772. The highest BCUT2D eigenvalue weighted by Gasteiger charge is 2.19. The normalized spacial score (nSPS) is 15.5. The van der Waals surface area contributed by atoms with Crippen LogP contribution in [0.5, 0.6) is 0 Å². The number of carbonyl (C=O) groups excluding carboxylic acids is 1. The molecule has 1 saturated heterocycles. The average molecular weight is 359 g/mol.